The molecule has 1 atom stereocenters. The number of amides is 2. The summed E-state index contributed by atoms with van der Waals surface area (Å²) in [6, 6.07) is 12.3. The fourth-order valence-corrected chi connectivity index (χ4v) is 3.23. The molecule has 1 N–H and O–H groups in total. The summed E-state index contributed by atoms with van der Waals surface area (Å²) in [5.41, 5.74) is 1.02. The van der Waals surface area contributed by atoms with Gasteiger partial charge in [0.2, 0.25) is 11.8 Å². The summed E-state index contributed by atoms with van der Waals surface area (Å²) in [7, 11) is 0. The number of anilines is 2. The fourth-order valence-electron chi connectivity index (χ4n) is 3.23. The first-order valence-corrected chi connectivity index (χ1v) is 9.47. The quantitative estimate of drug-likeness (QED) is 0.669. The van der Waals surface area contributed by atoms with Crippen molar-refractivity contribution in [1.82, 2.24) is 10.2 Å². The Morgan fingerprint density at radius 2 is 1.93 bits per heavy atom. The van der Waals surface area contributed by atoms with Gasteiger partial charge in [-0.05, 0) is 55.5 Å². The molecule has 154 valence electrons. The molecular weight excluding hydrogens is 391 g/mol. The number of carbonyl (C=O) groups is 2. The monoisotopic (exact) mass is 410 g/mol. The van der Waals surface area contributed by atoms with Crippen LogP contribution in [-0.2, 0) is 4.79 Å². The van der Waals surface area contributed by atoms with Crippen LogP contribution in [0.5, 0.6) is 5.75 Å². The van der Waals surface area contributed by atoms with Crippen LogP contribution in [-0.4, -0.2) is 35.2 Å². The molecule has 1 fully saturated rings. The molecule has 1 aliphatic heterocycles. The van der Waals surface area contributed by atoms with Crippen LogP contribution in [0, 0.1) is 5.82 Å². The minimum atomic E-state index is -0.497. The summed E-state index contributed by atoms with van der Waals surface area (Å²) in [6.45, 7) is 2.87. The highest BCUT2D eigenvalue weighted by atomic mass is 19.1. The molecular formula is C21H19FN4O4. The third kappa shape index (κ3) is 4.14. The average Bonchev–Trinajstić information content (AvgIpc) is 3.36. The van der Waals surface area contributed by atoms with E-state index in [1.54, 1.807) is 4.90 Å². The number of aromatic nitrogens is 2. The summed E-state index contributed by atoms with van der Waals surface area (Å²) in [6.07, 6.45) is 0.223. The zero-order valence-electron chi connectivity index (χ0n) is 16.2. The molecule has 0 radical (unpaired) electrons. The number of halogens is 1. The van der Waals surface area contributed by atoms with E-state index in [0.717, 1.165) is 11.4 Å². The van der Waals surface area contributed by atoms with Crippen LogP contribution < -0.4 is 15.0 Å². The molecule has 2 aromatic carbocycles. The zero-order valence-corrected chi connectivity index (χ0v) is 16.2. The van der Waals surface area contributed by atoms with Crippen molar-refractivity contribution in [2.24, 2.45) is 0 Å². The van der Waals surface area contributed by atoms with Gasteiger partial charge in [-0.1, -0.05) is 5.10 Å². The number of benzene rings is 2. The van der Waals surface area contributed by atoms with Gasteiger partial charge in [-0.3, -0.25) is 14.9 Å². The second-order valence-corrected chi connectivity index (χ2v) is 6.74. The second-order valence-electron chi connectivity index (χ2n) is 6.74. The topological polar surface area (TPSA) is 97.6 Å². The molecule has 2 amide bonds. The SMILES string of the molecule is CCOc1ccc(N2CC(c3nnc(NC(=O)c4ccc(F)cc4)o3)CC2=O)cc1. The van der Waals surface area contributed by atoms with Gasteiger partial charge in [-0.15, -0.1) is 5.10 Å². The van der Waals surface area contributed by atoms with Crippen LogP contribution in [0.15, 0.2) is 52.9 Å². The smallest absolute Gasteiger partial charge is 0.322 e. The largest absolute Gasteiger partial charge is 0.494 e. The predicted octanol–water partition coefficient (Wildman–Crippen LogP) is 3.38. The molecule has 3 aromatic rings. The van der Waals surface area contributed by atoms with Crippen molar-refractivity contribution in [2.45, 2.75) is 19.3 Å². The van der Waals surface area contributed by atoms with E-state index in [4.69, 9.17) is 9.15 Å². The molecule has 1 saturated heterocycles. The van der Waals surface area contributed by atoms with E-state index in [0.29, 0.717) is 13.2 Å². The summed E-state index contributed by atoms with van der Waals surface area (Å²) in [4.78, 5) is 26.3. The normalized spacial score (nSPS) is 16.0. The van der Waals surface area contributed by atoms with E-state index in [2.05, 4.69) is 15.5 Å². The summed E-state index contributed by atoms with van der Waals surface area (Å²) < 4.78 is 23.9. The van der Waals surface area contributed by atoms with Gasteiger partial charge in [0, 0.05) is 24.2 Å². The predicted molar refractivity (Wildman–Crippen MR) is 106 cm³/mol. The molecule has 1 aliphatic rings. The first kappa shape index (κ1) is 19.6. The number of hydrogen-bond acceptors (Lipinski definition) is 6. The Balaban J connectivity index is 1.41. The first-order valence-electron chi connectivity index (χ1n) is 9.47. The third-order valence-corrected chi connectivity index (χ3v) is 4.70. The Bertz CT molecular complexity index is 1050. The summed E-state index contributed by atoms with van der Waals surface area (Å²) >= 11 is 0. The minimum Gasteiger partial charge on any atom is -0.494 e. The number of nitrogens with zero attached hydrogens (tertiary/aromatic N) is 3. The summed E-state index contributed by atoms with van der Waals surface area (Å²) in [5.74, 6) is -0.264. The van der Waals surface area contributed by atoms with Crippen molar-refractivity contribution in [2.75, 3.05) is 23.4 Å². The van der Waals surface area contributed by atoms with Gasteiger partial charge in [-0.25, -0.2) is 4.39 Å². The van der Waals surface area contributed by atoms with E-state index in [1.807, 2.05) is 31.2 Å². The number of hydrogen-bond donors (Lipinski definition) is 1. The van der Waals surface area contributed by atoms with Crippen molar-refractivity contribution < 1.29 is 23.1 Å². The lowest BCUT2D eigenvalue weighted by Crippen LogP contribution is -2.24. The lowest BCUT2D eigenvalue weighted by molar-refractivity contribution is -0.117. The Morgan fingerprint density at radius 1 is 1.20 bits per heavy atom. The Kier molecular flexibility index (Phi) is 5.42. The zero-order chi connectivity index (χ0) is 21.1. The van der Waals surface area contributed by atoms with Crippen molar-refractivity contribution in [3.05, 3.63) is 65.8 Å². The van der Waals surface area contributed by atoms with Gasteiger partial charge in [0.15, 0.2) is 0 Å². The molecule has 4 rings (SSSR count). The molecule has 0 spiro atoms. The lowest BCUT2D eigenvalue weighted by atomic mass is 10.1. The van der Waals surface area contributed by atoms with Crippen LogP contribution in [0.4, 0.5) is 16.1 Å². The van der Waals surface area contributed by atoms with E-state index in [-0.39, 0.29) is 35.7 Å². The standard InChI is InChI=1S/C21H19FN4O4/c1-2-29-17-9-7-16(8-10-17)26-12-14(11-18(26)27)20-24-25-21(30-20)23-19(28)13-3-5-15(22)6-4-13/h3-10,14H,2,11-12H2,1H3,(H,23,25,28). The highest BCUT2D eigenvalue weighted by molar-refractivity contribution is 6.03. The van der Waals surface area contributed by atoms with E-state index in [1.165, 1.54) is 24.3 Å². The van der Waals surface area contributed by atoms with Gasteiger partial charge in [0.1, 0.15) is 11.6 Å². The molecule has 0 bridgehead atoms. The van der Waals surface area contributed by atoms with E-state index in [9.17, 15) is 14.0 Å². The fraction of sp³-hybridized carbons (Fsp3) is 0.238. The van der Waals surface area contributed by atoms with Crippen LogP contribution in [0.25, 0.3) is 0 Å². The minimum absolute atomic E-state index is 0.0562. The third-order valence-electron chi connectivity index (χ3n) is 4.70. The van der Waals surface area contributed by atoms with E-state index >= 15 is 0 Å². The van der Waals surface area contributed by atoms with Gasteiger partial charge < -0.3 is 14.1 Å². The molecule has 1 aromatic heterocycles. The highest BCUT2D eigenvalue weighted by Crippen LogP contribution is 2.32. The first-order chi connectivity index (χ1) is 14.5. The van der Waals surface area contributed by atoms with Gasteiger partial charge in [-0.2, -0.15) is 0 Å². The highest BCUT2D eigenvalue weighted by Gasteiger charge is 2.35. The molecule has 30 heavy (non-hydrogen) atoms. The molecule has 2 heterocycles. The van der Waals surface area contributed by atoms with Crippen LogP contribution in [0.1, 0.15) is 35.5 Å². The maximum Gasteiger partial charge on any atom is 0.322 e. The van der Waals surface area contributed by atoms with Gasteiger partial charge in [0.05, 0.1) is 12.5 Å². The van der Waals surface area contributed by atoms with Crippen molar-refractivity contribution in [3.63, 3.8) is 0 Å². The molecule has 8 nitrogen and oxygen atoms in total. The molecule has 0 saturated carbocycles. The van der Waals surface area contributed by atoms with Crippen LogP contribution in [0.2, 0.25) is 0 Å². The van der Waals surface area contributed by atoms with E-state index < -0.39 is 11.7 Å². The van der Waals surface area contributed by atoms with Crippen LogP contribution in [0.3, 0.4) is 0 Å². The Morgan fingerprint density at radius 3 is 2.63 bits per heavy atom. The number of nitrogens with one attached hydrogen (secondary N) is 1. The lowest BCUT2D eigenvalue weighted by Gasteiger charge is -2.16. The summed E-state index contributed by atoms with van der Waals surface area (Å²) in [5, 5.41) is 10.3. The molecule has 9 heteroatoms. The Hall–Kier alpha value is -3.75. The van der Waals surface area contributed by atoms with Crippen LogP contribution >= 0.6 is 0 Å². The Labute approximate surface area is 171 Å². The van der Waals surface area contributed by atoms with Gasteiger partial charge in [0.25, 0.3) is 5.91 Å². The maximum absolute atomic E-state index is 13.0. The van der Waals surface area contributed by atoms with Crippen molar-refractivity contribution >= 4 is 23.5 Å². The molecule has 0 aliphatic carbocycles. The molecule has 1 unspecified atom stereocenters. The maximum atomic E-state index is 13.0. The van der Waals surface area contributed by atoms with Crippen molar-refractivity contribution in [1.29, 1.82) is 0 Å². The van der Waals surface area contributed by atoms with Gasteiger partial charge >= 0.3 is 6.01 Å². The van der Waals surface area contributed by atoms with Crippen molar-refractivity contribution in [3.8, 4) is 5.75 Å². The number of ether oxygens (including phenoxy) is 1. The average molecular weight is 410 g/mol. The number of rotatable bonds is 6. The number of carbonyl (C=O) groups excluding carboxylic acids is 2. The second kappa shape index (κ2) is 8.32.